The number of hydrogen-bond acceptors (Lipinski definition) is 2. The van der Waals surface area contributed by atoms with Crippen LogP contribution in [-0.4, -0.2) is 24.4 Å². The third-order valence-corrected chi connectivity index (χ3v) is 5.12. The summed E-state index contributed by atoms with van der Waals surface area (Å²) in [6.07, 6.45) is 9.90. The second-order valence-corrected chi connectivity index (χ2v) is 8.19. The maximum atomic E-state index is 12.1. The molecule has 41 heavy (non-hydrogen) atoms. The molecule has 0 amide bonds. The van der Waals surface area contributed by atoms with Gasteiger partial charge in [0.1, 0.15) is 0 Å². The van der Waals surface area contributed by atoms with Crippen molar-refractivity contribution in [2.75, 3.05) is 7.05 Å². The third-order valence-electron chi connectivity index (χ3n) is 5.12. The minimum absolute atomic E-state index is 0.590. The summed E-state index contributed by atoms with van der Waals surface area (Å²) in [5, 5.41) is 0. The summed E-state index contributed by atoms with van der Waals surface area (Å²) in [5.41, 5.74) is 6.39. The quantitative estimate of drug-likeness (QED) is 0.177. The van der Waals surface area contributed by atoms with Crippen LogP contribution in [0.25, 0.3) is 11.1 Å². The number of allylic oxidation sites excluding steroid dienone is 8. The van der Waals surface area contributed by atoms with Crippen LogP contribution in [-0.2, 0) is 0 Å². The van der Waals surface area contributed by atoms with Crippen molar-refractivity contribution in [3.63, 3.8) is 0 Å². The molecule has 2 aromatic rings. The van der Waals surface area contributed by atoms with E-state index in [1.807, 2.05) is 53.4 Å². The van der Waals surface area contributed by atoms with E-state index in [-0.39, 0.29) is 0 Å². The van der Waals surface area contributed by atoms with Crippen molar-refractivity contribution < 1.29 is 13.2 Å². The highest BCUT2D eigenvalue weighted by molar-refractivity contribution is 6.19. The number of benzene rings is 1. The van der Waals surface area contributed by atoms with Crippen LogP contribution >= 0.6 is 0 Å². The minimum Gasteiger partial charge on any atom is -0.296 e. The first-order chi connectivity index (χ1) is 19.6. The first-order valence-electron chi connectivity index (χ1n) is 13.9. The van der Waals surface area contributed by atoms with Gasteiger partial charge in [0.25, 0.3) is 0 Å². The van der Waals surface area contributed by atoms with Crippen LogP contribution in [0.1, 0.15) is 77.5 Å². The summed E-state index contributed by atoms with van der Waals surface area (Å²) < 4.78 is 36.2. The zero-order valence-electron chi connectivity index (χ0n) is 26.5. The lowest BCUT2D eigenvalue weighted by molar-refractivity contribution is -0.0913. The molecule has 0 atom stereocenters. The Morgan fingerprint density at radius 2 is 1.44 bits per heavy atom. The molecule has 226 valence electrons. The molecule has 0 bridgehead atoms. The Kier molecular flexibility index (Phi) is 27.0. The Bertz CT molecular complexity index is 1070. The number of hydrogen-bond donors (Lipinski definition) is 0. The SMILES string of the molecule is C=C.C=C/C(=C\C=C(/C)C(F)(F)F)CCC.C=CC.CC.CC/C(=C(\C=NC)c1ccc(C)cc1)c1ccncc1. The van der Waals surface area contributed by atoms with Crippen molar-refractivity contribution >= 4 is 17.4 Å². The van der Waals surface area contributed by atoms with Crippen LogP contribution in [0.15, 0.2) is 116 Å². The average molecular weight is 569 g/mol. The highest BCUT2D eigenvalue weighted by atomic mass is 19.4. The number of aryl methyl sites for hydroxylation is 1. The number of rotatable bonds is 8. The van der Waals surface area contributed by atoms with Crippen molar-refractivity contribution in [2.45, 2.75) is 73.9 Å². The van der Waals surface area contributed by atoms with Crippen molar-refractivity contribution in [1.82, 2.24) is 4.98 Å². The molecule has 1 aromatic heterocycles. The fraction of sp³-hybridized carbons (Fsp3) is 0.333. The first-order valence-corrected chi connectivity index (χ1v) is 13.9. The highest BCUT2D eigenvalue weighted by Crippen LogP contribution is 2.28. The van der Waals surface area contributed by atoms with E-state index in [9.17, 15) is 13.2 Å². The zero-order chi connectivity index (χ0) is 32.3. The van der Waals surface area contributed by atoms with Crippen molar-refractivity contribution in [3.05, 3.63) is 127 Å². The topological polar surface area (TPSA) is 25.2 Å². The number of nitrogens with zero attached hydrogens (tertiary/aromatic N) is 2. The fourth-order valence-electron chi connectivity index (χ4n) is 3.16. The van der Waals surface area contributed by atoms with Gasteiger partial charge < -0.3 is 0 Å². The predicted molar refractivity (Wildman–Crippen MR) is 178 cm³/mol. The third kappa shape index (κ3) is 19.1. The second kappa shape index (κ2) is 26.5. The van der Waals surface area contributed by atoms with E-state index in [2.05, 4.69) is 86.5 Å². The van der Waals surface area contributed by atoms with Crippen LogP contribution in [0, 0.1) is 6.92 Å². The number of aliphatic imine (C=N–C) groups is 1. The van der Waals surface area contributed by atoms with E-state index in [0.29, 0.717) is 0 Å². The Hall–Kier alpha value is -3.73. The summed E-state index contributed by atoms with van der Waals surface area (Å²) in [4.78, 5) is 8.33. The van der Waals surface area contributed by atoms with Crippen molar-refractivity contribution in [3.8, 4) is 0 Å². The number of alkyl halides is 3. The Morgan fingerprint density at radius 3 is 1.83 bits per heavy atom. The molecule has 0 N–H and O–H groups in total. The number of halogens is 3. The molecule has 5 heteroatoms. The van der Waals surface area contributed by atoms with Crippen LogP contribution in [0.2, 0.25) is 0 Å². The van der Waals surface area contributed by atoms with Crippen LogP contribution in [0.4, 0.5) is 13.2 Å². The minimum atomic E-state index is -4.23. The van der Waals surface area contributed by atoms with Crippen LogP contribution in [0.3, 0.4) is 0 Å². The molecule has 0 fully saturated rings. The standard InChI is InChI=1S/C18H20N2.C11H15F3.C3H6.C2H6.C2H4/c1-4-17(16-9-11-20-12-10-16)18(13-19-3)15-7-5-14(2)6-8-15;1-4-6-10(5-2)8-7-9(3)11(12,13)14;1-3-2;2*1-2/h5-13H,4H2,1-3H3;5,7-8H,2,4,6H2,1,3H3;3H,1H2,2H3;1-2H3;1-2H2/b18-17-,19-13?;9-7+,10-8+;;;. The summed E-state index contributed by atoms with van der Waals surface area (Å²) in [6.45, 7) is 26.1. The van der Waals surface area contributed by atoms with E-state index in [4.69, 9.17) is 0 Å². The molecule has 0 unspecified atom stereocenters. The molecule has 0 saturated carbocycles. The lowest BCUT2D eigenvalue weighted by Crippen LogP contribution is -2.08. The van der Waals surface area contributed by atoms with Gasteiger partial charge >= 0.3 is 6.18 Å². The number of aromatic nitrogens is 1. The molecular formula is C36H51F3N2. The van der Waals surface area contributed by atoms with E-state index in [1.165, 1.54) is 33.9 Å². The van der Waals surface area contributed by atoms with E-state index in [0.717, 1.165) is 37.8 Å². The van der Waals surface area contributed by atoms with Crippen LogP contribution < -0.4 is 0 Å². The van der Waals surface area contributed by atoms with Gasteiger partial charge in [-0.1, -0.05) is 94.8 Å². The van der Waals surface area contributed by atoms with Gasteiger partial charge in [-0.05, 0) is 68.0 Å². The van der Waals surface area contributed by atoms with Gasteiger partial charge in [0.05, 0.1) is 0 Å². The molecule has 0 aliphatic rings. The van der Waals surface area contributed by atoms with Crippen molar-refractivity contribution in [2.24, 2.45) is 4.99 Å². The average Bonchev–Trinajstić information content (AvgIpc) is 2.98. The van der Waals surface area contributed by atoms with Crippen LogP contribution in [0.5, 0.6) is 0 Å². The molecule has 1 heterocycles. The van der Waals surface area contributed by atoms with Gasteiger partial charge in [0, 0.05) is 36.8 Å². The fourth-order valence-corrected chi connectivity index (χ4v) is 3.16. The molecule has 0 aliphatic carbocycles. The monoisotopic (exact) mass is 568 g/mol. The molecule has 2 rings (SSSR count). The van der Waals surface area contributed by atoms with Gasteiger partial charge in [0.2, 0.25) is 0 Å². The Labute approximate surface area is 248 Å². The van der Waals surface area contributed by atoms with Gasteiger partial charge in [-0.3, -0.25) is 9.98 Å². The van der Waals surface area contributed by atoms with E-state index >= 15 is 0 Å². The molecule has 1 aromatic carbocycles. The Balaban J connectivity index is -0.000000602. The van der Waals surface area contributed by atoms with Gasteiger partial charge in [-0.25, -0.2) is 0 Å². The largest absolute Gasteiger partial charge is 0.412 e. The maximum absolute atomic E-state index is 12.1. The zero-order valence-corrected chi connectivity index (χ0v) is 26.5. The highest BCUT2D eigenvalue weighted by Gasteiger charge is 2.29. The molecular weight excluding hydrogens is 517 g/mol. The molecule has 0 aliphatic heterocycles. The molecule has 0 saturated heterocycles. The molecule has 0 spiro atoms. The predicted octanol–water partition coefficient (Wildman–Crippen LogP) is 11.8. The number of pyridine rings is 1. The molecule has 0 radical (unpaired) electrons. The van der Waals surface area contributed by atoms with E-state index < -0.39 is 11.7 Å². The lowest BCUT2D eigenvalue weighted by Gasteiger charge is -2.12. The summed E-state index contributed by atoms with van der Waals surface area (Å²) in [6, 6.07) is 12.7. The second-order valence-electron chi connectivity index (χ2n) is 8.19. The molecule has 2 nitrogen and oxygen atoms in total. The summed E-state index contributed by atoms with van der Waals surface area (Å²) >= 11 is 0. The smallest absolute Gasteiger partial charge is 0.296 e. The summed E-state index contributed by atoms with van der Waals surface area (Å²) in [7, 11) is 1.81. The summed E-state index contributed by atoms with van der Waals surface area (Å²) in [5.74, 6) is 0. The van der Waals surface area contributed by atoms with Gasteiger partial charge in [-0.15, -0.1) is 19.7 Å². The van der Waals surface area contributed by atoms with E-state index in [1.54, 1.807) is 12.2 Å². The van der Waals surface area contributed by atoms with Crippen molar-refractivity contribution in [1.29, 1.82) is 0 Å². The van der Waals surface area contributed by atoms with Gasteiger partial charge in [-0.2, -0.15) is 13.2 Å². The lowest BCUT2D eigenvalue weighted by atomic mass is 9.93. The Morgan fingerprint density at radius 1 is 0.927 bits per heavy atom. The van der Waals surface area contributed by atoms with Gasteiger partial charge in [0.15, 0.2) is 0 Å². The first kappa shape index (κ1) is 41.7. The normalized spacial score (nSPS) is 11.6. The maximum Gasteiger partial charge on any atom is 0.412 e.